The van der Waals surface area contributed by atoms with Gasteiger partial charge in [-0.25, -0.2) is 0 Å². The average molecular weight is 281 g/mol. The van der Waals surface area contributed by atoms with Crippen molar-refractivity contribution in [2.24, 2.45) is 0 Å². The Kier molecular flexibility index (Phi) is 5.17. The minimum Gasteiger partial charge on any atom is -0.481 e. The molecule has 0 spiro atoms. The molecule has 0 aromatic carbocycles. The van der Waals surface area contributed by atoms with E-state index in [4.69, 9.17) is 9.84 Å². The number of allylic oxidation sites excluding steroid dienone is 1. The first-order valence-electron chi connectivity index (χ1n) is 7.32. The predicted octanol–water partition coefficient (Wildman–Crippen LogP) is 1.97. The first-order valence-corrected chi connectivity index (χ1v) is 7.32. The second kappa shape index (κ2) is 6.88. The molecule has 0 aromatic heterocycles. The summed E-state index contributed by atoms with van der Waals surface area (Å²) >= 11 is 0. The largest absolute Gasteiger partial charge is 0.481 e. The quantitative estimate of drug-likeness (QED) is 0.782. The number of carbonyl (C=O) groups excluding carboxylic acids is 1. The molecule has 5 heteroatoms. The van der Waals surface area contributed by atoms with E-state index in [0.717, 1.165) is 19.3 Å². The topological polar surface area (TPSA) is 66.8 Å². The van der Waals surface area contributed by atoms with Crippen molar-refractivity contribution in [3.8, 4) is 0 Å². The molecule has 0 bridgehead atoms. The van der Waals surface area contributed by atoms with Gasteiger partial charge in [0, 0.05) is 26.1 Å². The first kappa shape index (κ1) is 15.0. The van der Waals surface area contributed by atoms with Gasteiger partial charge in [0.15, 0.2) is 0 Å². The number of likely N-dealkylation sites (tertiary alicyclic amines) is 1. The van der Waals surface area contributed by atoms with Crippen LogP contribution >= 0.6 is 0 Å². The number of carboxylic acids is 1. The van der Waals surface area contributed by atoms with Crippen molar-refractivity contribution in [1.82, 2.24) is 4.90 Å². The molecule has 1 saturated heterocycles. The van der Waals surface area contributed by atoms with Gasteiger partial charge in [0.05, 0.1) is 12.5 Å². The van der Waals surface area contributed by atoms with Gasteiger partial charge < -0.3 is 14.7 Å². The Labute approximate surface area is 119 Å². The number of hydrogen-bond acceptors (Lipinski definition) is 3. The Hall–Kier alpha value is -1.36. The van der Waals surface area contributed by atoms with Crippen LogP contribution in [-0.4, -0.2) is 47.7 Å². The Morgan fingerprint density at radius 2 is 2.25 bits per heavy atom. The zero-order chi connectivity index (χ0) is 14.5. The predicted molar refractivity (Wildman–Crippen MR) is 74.3 cm³/mol. The van der Waals surface area contributed by atoms with E-state index < -0.39 is 5.97 Å². The van der Waals surface area contributed by atoms with E-state index in [-0.39, 0.29) is 24.5 Å². The van der Waals surface area contributed by atoms with Gasteiger partial charge in [-0.2, -0.15) is 0 Å². The van der Waals surface area contributed by atoms with Crippen molar-refractivity contribution < 1.29 is 19.4 Å². The average Bonchev–Trinajstić information content (AvgIpc) is 2.82. The highest BCUT2D eigenvalue weighted by atomic mass is 16.5. The fourth-order valence-corrected chi connectivity index (χ4v) is 3.11. The zero-order valence-corrected chi connectivity index (χ0v) is 12.0. The Morgan fingerprint density at radius 3 is 2.85 bits per heavy atom. The molecule has 1 heterocycles. The second-order valence-corrected chi connectivity index (χ2v) is 5.68. The van der Waals surface area contributed by atoms with Gasteiger partial charge in [-0.1, -0.05) is 11.6 Å². The minimum atomic E-state index is -0.860. The number of rotatable bonds is 5. The van der Waals surface area contributed by atoms with Gasteiger partial charge in [-0.3, -0.25) is 9.59 Å². The smallest absolute Gasteiger partial charge is 0.305 e. The number of carboxylic acid groups (broad SMARTS) is 1. The summed E-state index contributed by atoms with van der Waals surface area (Å²) in [6, 6.07) is -0.228. The second-order valence-electron chi connectivity index (χ2n) is 5.68. The number of carbonyl (C=O) groups is 2. The van der Waals surface area contributed by atoms with E-state index in [2.05, 4.69) is 6.08 Å². The number of methoxy groups -OCH3 is 1. The standard InChI is InChI=1S/C15H23NO4/c1-20-13-8-12(9-15(18)19)16(10-13)14(17)7-11-5-3-2-4-6-11/h5,12-13H,2-4,6-10H2,1H3,(H,18,19)/t12-,13-/m0/s1. The molecule has 1 aliphatic carbocycles. The number of amides is 1. The number of nitrogens with zero attached hydrogens (tertiary/aromatic N) is 1. The highest BCUT2D eigenvalue weighted by Gasteiger charge is 2.36. The molecule has 0 saturated carbocycles. The third-order valence-corrected chi connectivity index (χ3v) is 4.20. The van der Waals surface area contributed by atoms with Gasteiger partial charge in [-0.05, 0) is 32.1 Å². The molecule has 1 fully saturated rings. The van der Waals surface area contributed by atoms with Crippen LogP contribution in [0.4, 0.5) is 0 Å². The summed E-state index contributed by atoms with van der Waals surface area (Å²) in [5, 5.41) is 8.96. The molecule has 1 amide bonds. The molecular weight excluding hydrogens is 258 g/mol. The molecule has 2 aliphatic rings. The molecule has 1 N–H and O–H groups in total. The molecule has 112 valence electrons. The lowest BCUT2D eigenvalue weighted by Gasteiger charge is -2.24. The lowest BCUT2D eigenvalue weighted by Crippen LogP contribution is -2.37. The van der Waals surface area contributed by atoms with E-state index in [1.54, 1.807) is 12.0 Å². The molecule has 0 aromatic rings. The van der Waals surface area contributed by atoms with Crippen LogP contribution < -0.4 is 0 Å². The number of ether oxygens (including phenoxy) is 1. The van der Waals surface area contributed by atoms with Crippen LogP contribution in [0.1, 0.15) is 44.9 Å². The maximum atomic E-state index is 12.4. The highest BCUT2D eigenvalue weighted by Crippen LogP contribution is 2.26. The van der Waals surface area contributed by atoms with E-state index >= 15 is 0 Å². The third-order valence-electron chi connectivity index (χ3n) is 4.20. The monoisotopic (exact) mass is 281 g/mol. The Morgan fingerprint density at radius 1 is 1.45 bits per heavy atom. The molecule has 5 nitrogen and oxygen atoms in total. The lowest BCUT2D eigenvalue weighted by molar-refractivity contribution is -0.139. The maximum absolute atomic E-state index is 12.4. The molecule has 0 unspecified atom stereocenters. The van der Waals surface area contributed by atoms with Crippen molar-refractivity contribution in [2.75, 3.05) is 13.7 Å². The van der Waals surface area contributed by atoms with E-state index in [1.165, 1.54) is 12.0 Å². The van der Waals surface area contributed by atoms with Crippen molar-refractivity contribution in [1.29, 1.82) is 0 Å². The summed E-state index contributed by atoms with van der Waals surface area (Å²) in [6.07, 6.45) is 7.59. The van der Waals surface area contributed by atoms with Gasteiger partial charge >= 0.3 is 5.97 Å². The van der Waals surface area contributed by atoms with Crippen LogP contribution in [-0.2, 0) is 14.3 Å². The van der Waals surface area contributed by atoms with Gasteiger partial charge in [0.25, 0.3) is 0 Å². The van der Waals surface area contributed by atoms with Crippen molar-refractivity contribution >= 4 is 11.9 Å². The summed E-state index contributed by atoms with van der Waals surface area (Å²) in [6.45, 7) is 0.514. The summed E-state index contributed by atoms with van der Waals surface area (Å²) < 4.78 is 5.29. The minimum absolute atomic E-state index is 0.00461. The summed E-state index contributed by atoms with van der Waals surface area (Å²) in [4.78, 5) is 25.0. The van der Waals surface area contributed by atoms with E-state index in [0.29, 0.717) is 19.4 Å². The van der Waals surface area contributed by atoms with Crippen molar-refractivity contribution in [3.05, 3.63) is 11.6 Å². The van der Waals surface area contributed by atoms with Crippen LogP contribution in [0.3, 0.4) is 0 Å². The van der Waals surface area contributed by atoms with Gasteiger partial charge in [0.2, 0.25) is 5.91 Å². The van der Waals surface area contributed by atoms with E-state index in [9.17, 15) is 9.59 Å². The van der Waals surface area contributed by atoms with E-state index in [1.807, 2.05) is 0 Å². The zero-order valence-electron chi connectivity index (χ0n) is 12.0. The fourth-order valence-electron chi connectivity index (χ4n) is 3.11. The molecule has 1 aliphatic heterocycles. The Balaban J connectivity index is 1.98. The molecule has 2 atom stereocenters. The van der Waals surface area contributed by atoms with Crippen LogP contribution in [0.15, 0.2) is 11.6 Å². The van der Waals surface area contributed by atoms with Crippen LogP contribution in [0.5, 0.6) is 0 Å². The summed E-state index contributed by atoms with van der Waals surface area (Å²) in [7, 11) is 1.61. The summed E-state index contributed by atoms with van der Waals surface area (Å²) in [5.74, 6) is -0.814. The molecule has 0 radical (unpaired) electrons. The number of aliphatic carboxylic acids is 1. The SMILES string of the molecule is CO[C@H]1C[C@@H](CC(=O)O)N(C(=O)CC2=CCCCC2)C1. The third kappa shape index (κ3) is 3.82. The van der Waals surface area contributed by atoms with Crippen LogP contribution in [0.2, 0.25) is 0 Å². The van der Waals surface area contributed by atoms with Gasteiger partial charge in [-0.15, -0.1) is 0 Å². The number of hydrogen-bond donors (Lipinski definition) is 1. The van der Waals surface area contributed by atoms with Crippen molar-refractivity contribution in [3.63, 3.8) is 0 Å². The van der Waals surface area contributed by atoms with Crippen LogP contribution in [0.25, 0.3) is 0 Å². The molecular formula is C15H23NO4. The first-order chi connectivity index (χ1) is 9.60. The van der Waals surface area contributed by atoms with Gasteiger partial charge in [0.1, 0.15) is 0 Å². The molecule has 2 rings (SSSR count). The highest BCUT2D eigenvalue weighted by molar-refractivity contribution is 5.80. The summed E-state index contributed by atoms with van der Waals surface area (Å²) in [5.41, 5.74) is 1.20. The molecule has 20 heavy (non-hydrogen) atoms. The van der Waals surface area contributed by atoms with Crippen molar-refractivity contribution in [2.45, 2.75) is 57.1 Å². The fraction of sp³-hybridized carbons (Fsp3) is 0.733. The Bertz CT molecular complexity index is 405. The lowest BCUT2D eigenvalue weighted by atomic mass is 9.96. The maximum Gasteiger partial charge on any atom is 0.305 e. The normalized spacial score (nSPS) is 26.4. The van der Waals surface area contributed by atoms with Crippen LogP contribution in [0, 0.1) is 0 Å².